The van der Waals surface area contributed by atoms with E-state index in [2.05, 4.69) is 25.4 Å². The number of fused-ring (bicyclic) bond motifs is 1. The van der Waals surface area contributed by atoms with Gasteiger partial charge in [-0.15, -0.1) is 0 Å². The second-order valence-electron chi connectivity index (χ2n) is 7.63. The SMILES string of the molecule is CCc1cc([C@H]2O[C@@H](n3cnc4c(Nc5ccc(F)cc5Cl)nc(OC)nc43)[C@H](O)[C@@H]2O)on1. The van der Waals surface area contributed by atoms with Crippen molar-refractivity contribution in [3.63, 3.8) is 0 Å². The molecule has 1 aliphatic rings. The van der Waals surface area contributed by atoms with Gasteiger partial charge in [-0.25, -0.2) is 9.37 Å². The van der Waals surface area contributed by atoms with Crippen molar-refractivity contribution in [1.29, 1.82) is 0 Å². The van der Waals surface area contributed by atoms with Gasteiger partial charge in [0.05, 0.1) is 29.8 Å². The number of nitrogens with zero attached hydrogens (tertiary/aromatic N) is 5. The van der Waals surface area contributed by atoms with Gasteiger partial charge in [-0.2, -0.15) is 9.97 Å². The van der Waals surface area contributed by atoms with Crippen LogP contribution in [0.5, 0.6) is 6.01 Å². The molecule has 4 atom stereocenters. The zero-order chi connectivity index (χ0) is 24.0. The summed E-state index contributed by atoms with van der Waals surface area (Å²) in [5, 5.41) is 28.4. The minimum Gasteiger partial charge on any atom is -0.467 e. The fourth-order valence-electron chi connectivity index (χ4n) is 3.73. The van der Waals surface area contributed by atoms with E-state index in [0.29, 0.717) is 29.1 Å². The molecule has 3 N–H and O–H groups in total. The summed E-state index contributed by atoms with van der Waals surface area (Å²) in [6, 6.07) is 5.55. The molecule has 0 aliphatic carbocycles. The van der Waals surface area contributed by atoms with Gasteiger partial charge in [-0.3, -0.25) is 4.57 Å². The largest absolute Gasteiger partial charge is 0.467 e. The molecule has 0 saturated carbocycles. The van der Waals surface area contributed by atoms with Crippen LogP contribution in [0.1, 0.15) is 30.7 Å². The highest BCUT2D eigenvalue weighted by Gasteiger charge is 2.47. The number of aliphatic hydroxyl groups excluding tert-OH is 2. The Labute approximate surface area is 197 Å². The fraction of sp³-hybridized carbons (Fsp3) is 0.333. The van der Waals surface area contributed by atoms with Gasteiger partial charge in [-0.05, 0) is 24.6 Å². The van der Waals surface area contributed by atoms with Crippen LogP contribution in [0.3, 0.4) is 0 Å². The Balaban J connectivity index is 1.52. The molecular weight excluding hydrogens is 471 g/mol. The highest BCUT2D eigenvalue weighted by Crippen LogP contribution is 2.40. The number of anilines is 2. The number of hydrogen-bond donors (Lipinski definition) is 3. The molecule has 0 radical (unpaired) electrons. The molecule has 4 aromatic rings. The van der Waals surface area contributed by atoms with Gasteiger partial charge in [-0.1, -0.05) is 23.7 Å². The van der Waals surface area contributed by atoms with Crippen molar-refractivity contribution < 1.29 is 28.6 Å². The number of methoxy groups -OCH3 is 1. The molecule has 4 heterocycles. The predicted molar refractivity (Wildman–Crippen MR) is 117 cm³/mol. The molecule has 0 bridgehead atoms. The molecule has 11 nitrogen and oxygen atoms in total. The molecule has 1 saturated heterocycles. The summed E-state index contributed by atoms with van der Waals surface area (Å²) in [5.41, 5.74) is 1.66. The quantitative estimate of drug-likeness (QED) is 0.369. The van der Waals surface area contributed by atoms with Gasteiger partial charge >= 0.3 is 6.01 Å². The van der Waals surface area contributed by atoms with E-state index in [9.17, 15) is 14.6 Å². The molecule has 34 heavy (non-hydrogen) atoms. The first-order valence-electron chi connectivity index (χ1n) is 10.4. The van der Waals surface area contributed by atoms with Crippen LogP contribution in [0.15, 0.2) is 35.1 Å². The van der Waals surface area contributed by atoms with Crippen molar-refractivity contribution in [3.8, 4) is 6.01 Å². The second kappa shape index (κ2) is 8.80. The van der Waals surface area contributed by atoms with Crippen molar-refractivity contribution in [2.75, 3.05) is 12.4 Å². The maximum Gasteiger partial charge on any atom is 0.320 e. The first-order chi connectivity index (χ1) is 16.4. The molecule has 13 heteroatoms. The van der Waals surface area contributed by atoms with Crippen molar-refractivity contribution in [1.82, 2.24) is 24.7 Å². The van der Waals surface area contributed by atoms with Crippen LogP contribution >= 0.6 is 11.6 Å². The van der Waals surface area contributed by atoms with Crippen molar-refractivity contribution in [3.05, 3.63) is 52.9 Å². The molecule has 3 aromatic heterocycles. The van der Waals surface area contributed by atoms with Crippen molar-refractivity contribution in [2.24, 2.45) is 0 Å². The molecule has 5 rings (SSSR count). The minimum atomic E-state index is -1.32. The van der Waals surface area contributed by atoms with Crippen LogP contribution in [0.2, 0.25) is 5.02 Å². The maximum absolute atomic E-state index is 13.4. The average Bonchev–Trinajstić information content (AvgIpc) is 3.54. The van der Waals surface area contributed by atoms with Crippen LogP contribution in [0, 0.1) is 5.82 Å². The molecule has 1 fully saturated rings. The number of aliphatic hydroxyl groups is 2. The number of halogens is 2. The topological polar surface area (TPSA) is 141 Å². The van der Waals surface area contributed by atoms with Crippen molar-refractivity contribution in [2.45, 2.75) is 37.9 Å². The summed E-state index contributed by atoms with van der Waals surface area (Å²) >= 11 is 6.14. The zero-order valence-corrected chi connectivity index (χ0v) is 18.8. The molecule has 1 aliphatic heterocycles. The third kappa shape index (κ3) is 3.84. The third-order valence-corrected chi connectivity index (χ3v) is 5.81. The van der Waals surface area contributed by atoms with Gasteiger partial charge in [0, 0.05) is 6.07 Å². The Morgan fingerprint density at radius 1 is 1.24 bits per heavy atom. The van der Waals surface area contributed by atoms with E-state index in [1.54, 1.807) is 6.07 Å². The minimum absolute atomic E-state index is 0.00221. The number of imidazole rings is 1. The highest BCUT2D eigenvalue weighted by molar-refractivity contribution is 6.33. The lowest BCUT2D eigenvalue weighted by molar-refractivity contribution is -0.0434. The van der Waals surface area contributed by atoms with E-state index >= 15 is 0 Å². The van der Waals surface area contributed by atoms with E-state index in [1.807, 2.05) is 6.92 Å². The van der Waals surface area contributed by atoms with E-state index < -0.39 is 30.4 Å². The zero-order valence-electron chi connectivity index (χ0n) is 18.0. The second-order valence-corrected chi connectivity index (χ2v) is 8.04. The Kier molecular flexibility index (Phi) is 5.81. The lowest BCUT2D eigenvalue weighted by Gasteiger charge is -2.17. The molecule has 1 aromatic carbocycles. The van der Waals surface area contributed by atoms with Gasteiger partial charge in [0.25, 0.3) is 0 Å². The summed E-state index contributed by atoms with van der Waals surface area (Å²) < 4.78 is 31.4. The normalized spacial score (nSPS) is 22.4. The molecule has 178 valence electrons. The van der Waals surface area contributed by atoms with Crippen LogP contribution in [-0.2, 0) is 11.2 Å². The van der Waals surface area contributed by atoms with Crippen LogP contribution in [0.25, 0.3) is 11.2 Å². The lowest BCUT2D eigenvalue weighted by Crippen LogP contribution is -2.28. The average molecular weight is 491 g/mol. The Bertz CT molecular complexity index is 1350. The van der Waals surface area contributed by atoms with Gasteiger partial charge in [0.15, 0.2) is 29.0 Å². The first-order valence-corrected chi connectivity index (χ1v) is 10.7. The molecular formula is C21H20ClFN6O5. The van der Waals surface area contributed by atoms with E-state index in [4.69, 9.17) is 25.6 Å². The Hall–Kier alpha value is -3.32. The number of aryl methyl sites for hydroxylation is 1. The summed E-state index contributed by atoms with van der Waals surface area (Å²) in [7, 11) is 1.40. The lowest BCUT2D eigenvalue weighted by atomic mass is 10.1. The Morgan fingerprint density at radius 2 is 2.06 bits per heavy atom. The number of nitrogens with one attached hydrogen (secondary N) is 1. The molecule has 0 amide bonds. The van der Waals surface area contributed by atoms with Crippen LogP contribution < -0.4 is 10.1 Å². The monoisotopic (exact) mass is 490 g/mol. The van der Waals surface area contributed by atoms with E-state index in [0.717, 1.165) is 6.07 Å². The summed E-state index contributed by atoms with van der Waals surface area (Å²) in [6.07, 6.45) is -2.53. The molecule has 0 unspecified atom stereocenters. The first kappa shape index (κ1) is 22.5. The fourth-order valence-corrected chi connectivity index (χ4v) is 3.95. The number of rotatable bonds is 6. The van der Waals surface area contributed by atoms with Gasteiger partial charge < -0.3 is 29.5 Å². The van der Waals surface area contributed by atoms with Gasteiger partial charge in [0.1, 0.15) is 24.1 Å². The maximum atomic E-state index is 13.4. The standard InChI is InChI=1S/C21H20ClFN6O5/c1-3-10-7-13(34-28-10)17-15(30)16(31)20(33-17)29-8-24-14-18(26-21(32-2)27-19(14)29)25-12-5-4-9(23)6-11(12)22/h4-8,15-17,20,30-31H,3H2,1-2H3,(H,25,26,27)/t15-,16+,17+,20+/m0/s1. The number of ether oxygens (including phenoxy) is 2. The summed E-state index contributed by atoms with van der Waals surface area (Å²) in [5.74, 6) is 0.0564. The van der Waals surface area contributed by atoms with Crippen LogP contribution in [0.4, 0.5) is 15.9 Å². The number of hydrogen-bond acceptors (Lipinski definition) is 10. The Morgan fingerprint density at radius 3 is 2.76 bits per heavy atom. The van der Waals surface area contributed by atoms with E-state index in [1.165, 1.54) is 30.1 Å². The smallest absolute Gasteiger partial charge is 0.320 e. The number of aromatic nitrogens is 5. The molecule has 0 spiro atoms. The summed E-state index contributed by atoms with van der Waals surface area (Å²) in [4.78, 5) is 13.0. The third-order valence-electron chi connectivity index (χ3n) is 5.50. The predicted octanol–water partition coefficient (Wildman–Crippen LogP) is 2.91. The highest BCUT2D eigenvalue weighted by atomic mass is 35.5. The van der Waals surface area contributed by atoms with E-state index in [-0.39, 0.29) is 22.5 Å². The van der Waals surface area contributed by atoms with Gasteiger partial charge in [0.2, 0.25) is 0 Å². The van der Waals surface area contributed by atoms with Crippen molar-refractivity contribution >= 4 is 34.3 Å². The summed E-state index contributed by atoms with van der Waals surface area (Å²) in [6.45, 7) is 1.92. The number of benzene rings is 1. The van der Waals surface area contributed by atoms with Crippen LogP contribution in [-0.4, -0.2) is 54.2 Å².